The van der Waals surface area contributed by atoms with Gasteiger partial charge in [0, 0.05) is 17.6 Å². The summed E-state index contributed by atoms with van der Waals surface area (Å²) >= 11 is 12.7. The van der Waals surface area contributed by atoms with Crippen LogP contribution in [0.1, 0.15) is 50.2 Å². The number of hydrogen-bond acceptors (Lipinski definition) is 4. The Morgan fingerprint density at radius 2 is 1.59 bits per heavy atom. The van der Waals surface area contributed by atoms with Crippen LogP contribution in [-0.4, -0.2) is 43.8 Å². The first kappa shape index (κ1) is 33.6. The third kappa shape index (κ3) is 7.86. The third-order valence-electron chi connectivity index (χ3n) is 7.54. The third-order valence-corrected chi connectivity index (χ3v) is 10.0. The summed E-state index contributed by atoms with van der Waals surface area (Å²) in [5, 5.41) is 3.01. The van der Waals surface area contributed by atoms with E-state index in [1.165, 1.54) is 29.2 Å². The average Bonchev–Trinajstić information content (AvgIpc) is 3.50. The lowest BCUT2D eigenvalue weighted by atomic mass is 10.1. The van der Waals surface area contributed by atoms with Crippen molar-refractivity contribution >= 4 is 50.7 Å². The summed E-state index contributed by atoms with van der Waals surface area (Å²) < 4.78 is 69.6. The van der Waals surface area contributed by atoms with E-state index in [9.17, 15) is 31.2 Å². The van der Waals surface area contributed by atoms with Crippen LogP contribution < -0.4 is 9.62 Å². The molecule has 1 aliphatic rings. The standard InChI is InChI=1S/C31H32Cl2F3N3O4S/c1-2-27(30(41)37-23-11-7-8-12-23)38(19-21-10-6-9-15-25(21)32)29(40)20-39(44(42,43)24-13-4-3-5-14-24)28-18-22(31(34,35)36)16-17-26(28)33/h3-6,9-10,13-18,23,27H,2,7-8,11-12,19-20H2,1H3,(H,37,41)/t27-/m1/s1. The van der Waals surface area contributed by atoms with Gasteiger partial charge in [0.2, 0.25) is 11.8 Å². The number of halogens is 5. The molecule has 1 saturated carbocycles. The Morgan fingerprint density at radius 3 is 2.20 bits per heavy atom. The maximum absolute atomic E-state index is 14.2. The first-order valence-electron chi connectivity index (χ1n) is 14.1. The molecule has 0 saturated heterocycles. The molecule has 1 aliphatic carbocycles. The predicted octanol–water partition coefficient (Wildman–Crippen LogP) is 7.07. The summed E-state index contributed by atoms with van der Waals surface area (Å²) in [6.45, 7) is 0.633. The first-order valence-corrected chi connectivity index (χ1v) is 16.3. The van der Waals surface area contributed by atoms with Crippen molar-refractivity contribution < 1.29 is 31.2 Å². The molecule has 0 radical (unpaired) electrons. The van der Waals surface area contributed by atoms with Crippen LogP contribution in [0.25, 0.3) is 0 Å². The van der Waals surface area contributed by atoms with Crippen LogP contribution in [0.2, 0.25) is 10.0 Å². The second-order valence-electron chi connectivity index (χ2n) is 10.5. The zero-order chi connectivity index (χ0) is 32.1. The molecule has 1 atom stereocenters. The zero-order valence-electron chi connectivity index (χ0n) is 23.9. The van der Waals surface area contributed by atoms with Crippen LogP contribution in [0.15, 0.2) is 77.7 Å². The lowest BCUT2D eigenvalue weighted by Crippen LogP contribution is -2.53. The van der Waals surface area contributed by atoms with Gasteiger partial charge in [-0.15, -0.1) is 0 Å². The summed E-state index contributed by atoms with van der Waals surface area (Å²) in [5.41, 5.74) is -1.17. The fourth-order valence-corrected chi connectivity index (χ4v) is 7.12. The molecule has 0 aromatic heterocycles. The maximum atomic E-state index is 14.2. The van der Waals surface area contributed by atoms with Crippen LogP contribution in [0.4, 0.5) is 18.9 Å². The number of alkyl halides is 3. The van der Waals surface area contributed by atoms with Gasteiger partial charge in [0.25, 0.3) is 10.0 Å². The van der Waals surface area contributed by atoms with Crippen molar-refractivity contribution in [3.8, 4) is 0 Å². The number of carbonyl (C=O) groups excluding carboxylic acids is 2. The van der Waals surface area contributed by atoms with E-state index in [1.807, 2.05) is 0 Å². The van der Waals surface area contributed by atoms with Crippen LogP contribution in [0.5, 0.6) is 0 Å². The normalized spacial score (nSPS) is 14.7. The van der Waals surface area contributed by atoms with E-state index in [0.29, 0.717) is 21.0 Å². The van der Waals surface area contributed by atoms with Gasteiger partial charge < -0.3 is 10.2 Å². The van der Waals surface area contributed by atoms with Crippen molar-refractivity contribution in [3.05, 3.63) is 94.0 Å². The van der Waals surface area contributed by atoms with Crippen molar-refractivity contribution in [2.75, 3.05) is 10.8 Å². The van der Waals surface area contributed by atoms with Gasteiger partial charge in [-0.1, -0.05) is 79.4 Å². The highest BCUT2D eigenvalue weighted by Crippen LogP contribution is 2.37. The van der Waals surface area contributed by atoms with Crippen LogP contribution >= 0.6 is 23.2 Å². The molecule has 4 rings (SSSR count). The molecular formula is C31H32Cl2F3N3O4S. The van der Waals surface area contributed by atoms with E-state index in [0.717, 1.165) is 37.8 Å². The number of hydrogen-bond donors (Lipinski definition) is 1. The zero-order valence-corrected chi connectivity index (χ0v) is 26.2. The average molecular weight is 671 g/mol. The SMILES string of the molecule is CC[C@H](C(=O)NC1CCCC1)N(Cc1ccccc1Cl)C(=O)CN(c1cc(C(F)(F)F)ccc1Cl)S(=O)(=O)c1ccccc1. The molecule has 7 nitrogen and oxygen atoms in total. The molecule has 0 aliphatic heterocycles. The number of rotatable bonds is 11. The van der Waals surface area contributed by atoms with Gasteiger partial charge >= 0.3 is 6.18 Å². The molecule has 2 amide bonds. The predicted molar refractivity (Wildman–Crippen MR) is 164 cm³/mol. The maximum Gasteiger partial charge on any atom is 0.416 e. The van der Waals surface area contributed by atoms with E-state index in [-0.39, 0.29) is 28.9 Å². The van der Waals surface area contributed by atoms with Gasteiger partial charge in [-0.2, -0.15) is 13.2 Å². The number of nitrogens with one attached hydrogen (secondary N) is 1. The van der Waals surface area contributed by atoms with Gasteiger partial charge in [0.05, 0.1) is 21.2 Å². The van der Waals surface area contributed by atoms with Gasteiger partial charge in [0.1, 0.15) is 12.6 Å². The molecular weight excluding hydrogens is 638 g/mol. The number of amides is 2. The summed E-state index contributed by atoms with van der Waals surface area (Å²) in [6.07, 6.45) is -1.09. The van der Waals surface area contributed by atoms with E-state index >= 15 is 0 Å². The summed E-state index contributed by atoms with van der Waals surface area (Å²) in [7, 11) is -4.61. The minimum atomic E-state index is -4.81. The summed E-state index contributed by atoms with van der Waals surface area (Å²) in [4.78, 5) is 28.7. The molecule has 0 heterocycles. The molecule has 0 spiro atoms. The number of nitrogens with zero attached hydrogens (tertiary/aromatic N) is 2. The quantitative estimate of drug-likeness (QED) is 0.237. The van der Waals surface area contributed by atoms with Crippen molar-refractivity contribution in [2.24, 2.45) is 0 Å². The monoisotopic (exact) mass is 669 g/mol. The molecule has 0 bridgehead atoms. The second-order valence-corrected chi connectivity index (χ2v) is 13.2. The number of anilines is 1. The Bertz CT molecular complexity index is 1580. The van der Waals surface area contributed by atoms with Gasteiger partial charge in [-0.25, -0.2) is 8.42 Å². The first-order chi connectivity index (χ1) is 20.8. The lowest BCUT2D eigenvalue weighted by molar-refractivity contribution is -0.140. The Hall–Kier alpha value is -3.28. The topological polar surface area (TPSA) is 86.8 Å². The Morgan fingerprint density at radius 1 is 0.955 bits per heavy atom. The fraction of sp³-hybridized carbons (Fsp3) is 0.355. The summed E-state index contributed by atoms with van der Waals surface area (Å²) in [6, 6.07) is 14.9. The smallest absolute Gasteiger partial charge is 0.352 e. The Balaban J connectivity index is 1.79. The fourth-order valence-electron chi connectivity index (χ4n) is 5.21. The molecule has 236 valence electrons. The molecule has 0 unspecified atom stereocenters. The van der Waals surface area contributed by atoms with Gasteiger partial charge in [-0.3, -0.25) is 13.9 Å². The lowest BCUT2D eigenvalue weighted by Gasteiger charge is -2.34. The molecule has 1 N–H and O–H groups in total. The van der Waals surface area contributed by atoms with Gasteiger partial charge in [-0.05, 0) is 61.2 Å². The van der Waals surface area contributed by atoms with Crippen molar-refractivity contribution in [1.82, 2.24) is 10.2 Å². The van der Waals surface area contributed by atoms with Crippen molar-refractivity contribution in [2.45, 2.75) is 68.7 Å². The van der Waals surface area contributed by atoms with Crippen LogP contribution in [0, 0.1) is 0 Å². The highest BCUT2D eigenvalue weighted by Gasteiger charge is 2.37. The van der Waals surface area contributed by atoms with Crippen LogP contribution in [0.3, 0.4) is 0 Å². The minimum absolute atomic E-state index is 0.0484. The highest BCUT2D eigenvalue weighted by atomic mass is 35.5. The molecule has 3 aromatic carbocycles. The van der Waals surface area contributed by atoms with E-state index < -0.39 is 51.9 Å². The Kier molecular flexibility index (Phi) is 10.9. The number of sulfonamides is 1. The van der Waals surface area contributed by atoms with Crippen LogP contribution in [-0.2, 0) is 32.3 Å². The minimum Gasteiger partial charge on any atom is -0.352 e. The summed E-state index contributed by atoms with van der Waals surface area (Å²) in [5.74, 6) is -1.24. The highest BCUT2D eigenvalue weighted by molar-refractivity contribution is 7.92. The molecule has 3 aromatic rings. The van der Waals surface area contributed by atoms with E-state index in [1.54, 1.807) is 37.3 Å². The molecule has 13 heteroatoms. The van der Waals surface area contributed by atoms with Crippen molar-refractivity contribution in [1.29, 1.82) is 0 Å². The van der Waals surface area contributed by atoms with E-state index in [4.69, 9.17) is 23.2 Å². The van der Waals surface area contributed by atoms with Gasteiger partial charge in [0.15, 0.2) is 0 Å². The van der Waals surface area contributed by atoms with E-state index in [2.05, 4.69) is 5.32 Å². The largest absolute Gasteiger partial charge is 0.416 e. The second kappa shape index (κ2) is 14.2. The molecule has 44 heavy (non-hydrogen) atoms. The molecule has 1 fully saturated rings. The number of carbonyl (C=O) groups is 2. The van der Waals surface area contributed by atoms with Crippen molar-refractivity contribution in [3.63, 3.8) is 0 Å². The number of benzene rings is 3. The Labute approximate surface area is 265 Å².